The topological polar surface area (TPSA) is 35.6 Å². The van der Waals surface area contributed by atoms with Gasteiger partial charge in [0.15, 0.2) is 0 Å². The van der Waals surface area contributed by atoms with E-state index in [1.54, 1.807) is 0 Å². The predicted octanol–water partition coefficient (Wildman–Crippen LogP) is 14.0. The molecule has 0 saturated carbocycles. The first kappa shape index (κ1) is 33.8. The lowest BCUT2D eigenvalue weighted by molar-refractivity contribution is 1.12. The molecule has 58 heavy (non-hydrogen) atoms. The molecule has 0 saturated heterocycles. The summed E-state index contributed by atoms with van der Waals surface area (Å²) in [5, 5.41) is 4.82. The van der Waals surface area contributed by atoms with Crippen molar-refractivity contribution < 1.29 is 0 Å². The fourth-order valence-corrected chi connectivity index (χ4v) is 9.11. The van der Waals surface area contributed by atoms with Crippen molar-refractivity contribution in [1.29, 1.82) is 0 Å². The van der Waals surface area contributed by atoms with Crippen molar-refractivity contribution in [3.63, 3.8) is 0 Å². The van der Waals surface area contributed by atoms with Crippen molar-refractivity contribution in [1.82, 2.24) is 19.1 Å². The van der Waals surface area contributed by atoms with Gasteiger partial charge in [0.05, 0.1) is 27.8 Å². The van der Waals surface area contributed by atoms with E-state index in [-0.39, 0.29) is 0 Å². The third-order valence-corrected chi connectivity index (χ3v) is 11.5. The van der Waals surface area contributed by atoms with Gasteiger partial charge < -0.3 is 9.13 Å². The van der Waals surface area contributed by atoms with Crippen LogP contribution in [0.5, 0.6) is 0 Å². The Morgan fingerprint density at radius 1 is 0.362 bits per heavy atom. The second-order valence-electron chi connectivity index (χ2n) is 15.1. The Morgan fingerprint density at radius 2 is 0.862 bits per heavy atom. The second-order valence-corrected chi connectivity index (χ2v) is 15.1. The first-order chi connectivity index (χ1) is 28.6. The van der Waals surface area contributed by atoms with Crippen LogP contribution < -0.4 is 0 Å². The molecular weight excluding hydrogens is 705 g/mol. The number of benzene rings is 7. The molecule has 7 aromatic carbocycles. The molecule has 11 rings (SSSR count). The number of para-hydroxylation sites is 4. The van der Waals surface area contributed by atoms with E-state index >= 15 is 0 Å². The Balaban J connectivity index is 1.20. The standard InChI is InChI=1S/C54H38N4/c1-35-30-39(31-36(2)56-35)37-16-13-17-38(32-37)46-33-48(43-25-15-29-52-54(43)45-23-10-12-27-50(45)58(52)41-20-7-4-8-21-41)55-34-47(46)42-24-14-28-51-53(42)44-22-9-11-26-49(44)57(51)40-18-5-3-6-19-40/h3-34H,1-2H3. The van der Waals surface area contributed by atoms with Crippen LogP contribution in [0.3, 0.4) is 0 Å². The maximum absolute atomic E-state index is 5.38. The zero-order valence-electron chi connectivity index (χ0n) is 32.3. The minimum atomic E-state index is 0.931. The summed E-state index contributed by atoms with van der Waals surface area (Å²) < 4.78 is 4.75. The lowest BCUT2D eigenvalue weighted by Crippen LogP contribution is -1.95. The number of pyridine rings is 2. The van der Waals surface area contributed by atoms with E-state index in [1.807, 2.05) is 0 Å². The monoisotopic (exact) mass is 742 g/mol. The minimum Gasteiger partial charge on any atom is -0.309 e. The van der Waals surface area contributed by atoms with Gasteiger partial charge in [-0.2, -0.15) is 0 Å². The van der Waals surface area contributed by atoms with Gasteiger partial charge in [-0.25, -0.2) is 0 Å². The Hall–Kier alpha value is -7.56. The first-order valence-electron chi connectivity index (χ1n) is 19.8. The average molecular weight is 743 g/mol. The molecule has 11 aromatic rings. The SMILES string of the molecule is Cc1cc(-c2cccc(-c3cc(-c4cccc5c4c4ccccc4n5-c4ccccc4)ncc3-c3cccc4c3c3ccccc3n4-c3ccccc3)c2)cc(C)n1. The number of aryl methyl sites for hydroxylation is 2. The van der Waals surface area contributed by atoms with E-state index in [0.717, 1.165) is 78.4 Å². The van der Waals surface area contributed by atoms with Gasteiger partial charge >= 0.3 is 0 Å². The maximum Gasteiger partial charge on any atom is 0.0715 e. The lowest BCUT2D eigenvalue weighted by Gasteiger charge is -2.16. The smallest absolute Gasteiger partial charge is 0.0715 e. The second kappa shape index (κ2) is 13.6. The molecule has 4 heteroatoms. The van der Waals surface area contributed by atoms with Crippen molar-refractivity contribution in [3.05, 3.63) is 206 Å². The average Bonchev–Trinajstić information content (AvgIpc) is 3.80. The highest BCUT2D eigenvalue weighted by atomic mass is 15.0. The maximum atomic E-state index is 5.38. The zero-order valence-corrected chi connectivity index (χ0v) is 32.3. The van der Waals surface area contributed by atoms with E-state index in [1.165, 1.54) is 32.6 Å². The van der Waals surface area contributed by atoms with Crippen LogP contribution in [0.4, 0.5) is 0 Å². The van der Waals surface area contributed by atoms with Crippen LogP contribution in [-0.2, 0) is 0 Å². The van der Waals surface area contributed by atoms with Crippen LogP contribution in [0.25, 0.3) is 99.6 Å². The zero-order chi connectivity index (χ0) is 38.7. The van der Waals surface area contributed by atoms with Crippen LogP contribution in [0.1, 0.15) is 11.4 Å². The quantitative estimate of drug-likeness (QED) is 0.170. The van der Waals surface area contributed by atoms with Crippen LogP contribution in [0, 0.1) is 13.8 Å². The molecule has 0 aliphatic heterocycles. The molecule has 0 aliphatic carbocycles. The highest BCUT2D eigenvalue weighted by molar-refractivity contribution is 6.18. The fraction of sp³-hybridized carbons (Fsp3) is 0.0370. The molecule has 274 valence electrons. The Bertz CT molecular complexity index is 3330. The van der Waals surface area contributed by atoms with Crippen molar-refractivity contribution in [2.45, 2.75) is 13.8 Å². The van der Waals surface area contributed by atoms with Gasteiger partial charge in [-0.15, -0.1) is 0 Å². The molecule has 4 aromatic heterocycles. The van der Waals surface area contributed by atoms with E-state index in [4.69, 9.17) is 4.98 Å². The van der Waals surface area contributed by atoms with Crippen LogP contribution in [0.2, 0.25) is 0 Å². The molecular formula is C54H38N4. The number of rotatable bonds is 6. The summed E-state index contributed by atoms with van der Waals surface area (Å²) in [4.78, 5) is 10.1. The predicted molar refractivity (Wildman–Crippen MR) is 242 cm³/mol. The molecule has 0 atom stereocenters. The lowest BCUT2D eigenvalue weighted by atomic mass is 9.90. The summed E-state index contributed by atoms with van der Waals surface area (Å²) in [5.41, 5.74) is 17.8. The van der Waals surface area contributed by atoms with E-state index in [0.29, 0.717) is 0 Å². The van der Waals surface area contributed by atoms with Gasteiger partial charge in [0.25, 0.3) is 0 Å². The van der Waals surface area contributed by atoms with Crippen molar-refractivity contribution >= 4 is 43.6 Å². The summed E-state index contributed by atoms with van der Waals surface area (Å²) in [6.45, 7) is 4.13. The van der Waals surface area contributed by atoms with Gasteiger partial charge in [0.1, 0.15) is 0 Å². The molecule has 0 radical (unpaired) electrons. The van der Waals surface area contributed by atoms with Crippen molar-refractivity contribution in [3.8, 4) is 56.0 Å². The molecule has 0 spiro atoms. The molecule has 4 nitrogen and oxygen atoms in total. The summed E-state index contributed by atoms with van der Waals surface area (Å²) in [7, 11) is 0. The van der Waals surface area contributed by atoms with Gasteiger partial charge in [-0.3, -0.25) is 9.97 Å². The number of fused-ring (bicyclic) bond motifs is 6. The van der Waals surface area contributed by atoms with Gasteiger partial charge in [0.2, 0.25) is 0 Å². The molecule has 0 bridgehead atoms. The third-order valence-electron chi connectivity index (χ3n) is 11.5. The summed E-state index contributed by atoms with van der Waals surface area (Å²) in [5.74, 6) is 0. The number of hydrogen-bond acceptors (Lipinski definition) is 2. The van der Waals surface area contributed by atoms with Crippen molar-refractivity contribution in [2.24, 2.45) is 0 Å². The van der Waals surface area contributed by atoms with Gasteiger partial charge in [-0.1, -0.05) is 115 Å². The third kappa shape index (κ3) is 5.45. The van der Waals surface area contributed by atoms with Crippen LogP contribution >= 0.6 is 0 Å². The summed E-state index contributed by atoms with van der Waals surface area (Å²) in [6.07, 6.45) is 2.11. The van der Waals surface area contributed by atoms with E-state index in [2.05, 4.69) is 222 Å². The first-order valence-corrected chi connectivity index (χ1v) is 19.8. The highest BCUT2D eigenvalue weighted by Crippen LogP contribution is 2.44. The molecule has 0 amide bonds. The number of nitrogens with zero attached hydrogens (tertiary/aromatic N) is 4. The Kier molecular flexibility index (Phi) is 7.90. The molecule has 0 aliphatic rings. The normalized spacial score (nSPS) is 11.6. The highest BCUT2D eigenvalue weighted by Gasteiger charge is 2.21. The molecule has 0 unspecified atom stereocenters. The number of aromatic nitrogens is 4. The Morgan fingerprint density at radius 3 is 1.48 bits per heavy atom. The van der Waals surface area contributed by atoms with E-state index < -0.39 is 0 Å². The summed E-state index contributed by atoms with van der Waals surface area (Å²) in [6, 6.07) is 67.7. The molecule has 4 heterocycles. The molecule has 0 fully saturated rings. The fourth-order valence-electron chi connectivity index (χ4n) is 9.11. The number of hydrogen-bond donors (Lipinski definition) is 0. The minimum absolute atomic E-state index is 0.931. The molecule has 0 N–H and O–H groups in total. The van der Waals surface area contributed by atoms with Crippen LogP contribution in [0.15, 0.2) is 194 Å². The van der Waals surface area contributed by atoms with Gasteiger partial charge in [-0.05, 0) is 114 Å². The van der Waals surface area contributed by atoms with Crippen LogP contribution in [-0.4, -0.2) is 19.1 Å². The Labute approximate surface area is 337 Å². The van der Waals surface area contributed by atoms with Gasteiger partial charge in [0, 0.05) is 61.6 Å². The summed E-state index contributed by atoms with van der Waals surface area (Å²) >= 11 is 0. The van der Waals surface area contributed by atoms with E-state index in [9.17, 15) is 0 Å². The van der Waals surface area contributed by atoms with Crippen molar-refractivity contribution in [2.75, 3.05) is 0 Å². The largest absolute Gasteiger partial charge is 0.309 e.